The molecule has 1 aliphatic rings. The first-order valence-corrected chi connectivity index (χ1v) is 7.92. The normalized spacial score (nSPS) is 18.0. The first-order chi connectivity index (χ1) is 10.6. The molecule has 1 heterocycles. The van der Waals surface area contributed by atoms with Crippen LogP contribution in [0.3, 0.4) is 0 Å². The van der Waals surface area contributed by atoms with Crippen molar-refractivity contribution in [1.82, 2.24) is 5.32 Å². The standard InChI is InChI=1S/C17H13ClN2OS/c1-11-6-8-12(9-7-11)10-15-16(21)20-17(22-15)19-14-5-3-2-4-13(14)18/h2-10H,1H3,(H,19,20,21)/b15-10+. The van der Waals surface area contributed by atoms with Crippen LogP contribution in [0.5, 0.6) is 0 Å². The maximum Gasteiger partial charge on any atom is 0.264 e. The number of carbonyl (C=O) groups excluding carboxylic acids is 1. The van der Waals surface area contributed by atoms with Gasteiger partial charge in [-0.3, -0.25) is 4.79 Å². The number of nitrogens with one attached hydrogen (secondary N) is 1. The zero-order valence-electron chi connectivity index (χ0n) is 11.8. The van der Waals surface area contributed by atoms with Crippen molar-refractivity contribution in [3.8, 4) is 0 Å². The number of nitrogens with zero attached hydrogens (tertiary/aromatic N) is 1. The molecule has 0 saturated carbocycles. The van der Waals surface area contributed by atoms with Crippen LogP contribution in [-0.2, 0) is 4.79 Å². The number of amidine groups is 1. The van der Waals surface area contributed by atoms with Crippen molar-refractivity contribution in [3.63, 3.8) is 0 Å². The summed E-state index contributed by atoms with van der Waals surface area (Å²) in [6, 6.07) is 15.3. The summed E-state index contributed by atoms with van der Waals surface area (Å²) in [7, 11) is 0. The number of hydrogen-bond donors (Lipinski definition) is 1. The van der Waals surface area contributed by atoms with Crippen LogP contribution >= 0.6 is 23.4 Å². The van der Waals surface area contributed by atoms with Gasteiger partial charge in [-0.2, -0.15) is 0 Å². The molecule has 110 valence electrons. The maximum absolute atomic E-state index is 12.0. The molecule has 0 unspecified atom stereocenters. The van der Waals surface area contributed by atoms with Gasteiger partial charge in [0.25, 0.3) is 5.91 Å². The molecule has 0 aromatic heterocycles. The number of para-hydroxylation sites is 1. The van der Waals surface area contributed by atoms with Crippen molar-refractivity contribution in [1.29, 1.82) is 0 Å². The summed E-state index contributed by atoms with van der Waals surface area (Å²) in [6.07, 6.45) is 1.86. The highest BCUT2D eigenvalue weighted by Crippen LogP contribution is 2.30. The average molecular weight is 329 g/mol. The average Bonchev–Trinajstić information content (AvgIpc) is 2.84. The summed E-state index contributed by atoms with van der Waals surface area (Å²) in [6.45, 7) is 2.03. The topological polar surface area (TPSA) is 41.5 Å². The van der Waals surface area contributed by atoms with Gasteiger partial charge in [0.2, 0.25) is 0 Å². The highest BCUT2D eigenvalue weighted by atomic mass is 35.5. The van der Waals surface area contributed by atoms with Crippen molar-refractivity contribution in [2.45, 2.75) is 6.92 Å². The monoisotopic (exact) mass is 328 g/mol. The van der Waals surface area contributed by atoms with Crippen LogP contribution in [0.4, 0.5) is 5.69 Å². The van der Waals surface area contributed by atoms with Crippen LogP contribution in [0.15, 0.2) is 58.4 Å². The highest BCUT2D eigenvalue weighted by Gasteiger charge is 2.23. The Balaban J connectivity index is 1.84. The first kappa shape index (κ1) is 14.9. The lowest BCUT2D eigenvalue weighted by atomic mass is 10.1. The highest BCUT2D eigenvalue weighted by molar-refractivity contribution is 8.18. The second-order valence-corrected chi connectivity index (χ2v) is 6.28. The molecular weight excluding hydrogens is 316 g/mol. The smallest absolute Gasteiger partial charge is 0.264 e. The molecule has 2 aromatic carbocycles. The molecule has 0 aliphatic carbocycles. The fourth-order valence-corrected chi connectivity index (χ4v) is 2.96. The molecule has 0 radical (unpaired) electrons. The van der Waals surface area contributed by atoms with Crippen LogP contribution in [0.2, 0.25) is 5.02 Å². The zero-order chi connectivity index (χ0) is 15.5. The molecule has 1 aliphatic heterocycles. The maximum atomic E-state index is 12.0. The van der Waals surface area contributed by atoms with Gasteiger partial charge in [-0.1, -0.05) is 53.6 Å². The summed E-state index contributed by atoms with van der Waals surface area (Å²) < 4.78 is 0. The Labute approximate surface area is 138 Å². The van der Waals surface area contributed by atoms with Gasteiger partial charge in [0.05, 0.1) is 15.6 Å². The number of halogens is 1. The van der Waals surface area contributed by atoms with Crippen molar-refractivity contribution in [2.24, 2.45) is 4.99 Å². The van der Waals surface area contributed by atoms with E-state index in [1.165, 1.54) is 17.3 Å². The summed E-state index contributed by atoms with van der Waals surface area (Å²) in [4.78, 5) is 17.0. The van der Waals surface area contributed by atoms with Crippen molar-refractivity contribution >= 4 is 46.2 Å². The molecule has 0 atom stereocenters. The van der Waals surface area contributed by atoms with Crippen LogP contribution in [0, 0.1) is 6.92 Å². The fourth-order valence-electron chi connectivity index (χ4n) is 1.95. The largest absolute Gasteiger partial charge is 0.300 e. The molecule has 5 heteroatoms. The number of aliphatic imine (C=N–C) groups is 1. The number of rotatable bonds is 2. The van der Waals surface area contributed by atoms with Crippen LogP contribution in [0.1, 0.15) is 11.1 Å². The summed E-state index contributed by atoms with van der Waals surface area (Å²) in [5.74, 6) is -0.142. The van der Waals surface area contributed by atoms with Gasteiger partial charge >= 0.3 is 0 Å². The van der Waals surface area contributed by atoms with Gasteiger partial charge in [0.1, 0.15) is 0 Å². The van der Waals surface area contributed by atoms with E-state index in [-0.39, 0.29) is 5.91 Å². The second kappa shape index (κ2) is 6.38. The molecule has 1 N–H and O–H groups in total. The van der Waals surface area contributed by atoms with Gasteiger partial charge in [-0.15, -0.1) is 0 Å². The Kier molecular flexibility index (Phi) is 4.32. The molecule has 2 aromatic rings. The molecule has 1 saturated heterocycles. The van der Waals surface area contributed by atoms with Crippen LogP contribution in [-0.4, -0.2) is 11.1 Å². The minimum atomic E-state index is -0.142. The number of thioether (sulfide) groups is 1. The Hall–Kier alpha value is -2.04. The molecule has 0 spiro atoms. The predicted molar refractivity (Wildman–Crippen MR) is 93.4 cm³/mol. The lowest BCUT2D eigenvalue weighted by Gasteiger charge is -1.98. The van der Waals surface area contributed by atoms with E-state index in [9.17, 15) is 4.79 Å². The molecule has 1 amide bonds. The van der Waals surface area contributed by atoms with E-state index in [1.807, 2.05) is 55.5 Å². The number of aryl methyl sites for hydroxylation is 1. The summed E-state index contributed by atoms with van der Waals surface area (Å²) in [5.41, 5.74) is 2.82. The van der Waals surface area contributed by atoms with E-state index >= 15 is 0 Å². The quantitative estimate of drug-likeness (QED) is 0.822. The molecule has 1 fully saturated rings. The number of amides is 1. The summed E-state index contributed by atoms with van der Waals surface area (Å²) in [5, 5.41) is 3.85. The van der Waals surface area contributed by atoms with E-state index in [1.54, 1.807) is 6.07 Å². The lowest BCUT2D eigenvalue weighted by molar-refractivity contribution is -0.115. The molecule has 0 bridgehead atoms. The minimum absolute atomic E-state index is 0.142. The summed E-state index contributed by atoms with van der Waals surface area (Å²) >= 11 is 7.39. The van der Waals surface area contributed by atoms with Gasteiger partial charge in [0, 0.05) is 0 Å². The van der Waals surface area contributed by atoms with Gasteiger partial charge in [-0.25, -0.2) is 4.99 Å². The fraction of sp³-hybridized carbons (Fsp3) is 0.0588. The van der Waals surface area contributed by atoms with Crippen LogP contribution < -0.4 is 5.32 Å². The van der Waals surface area contributed by atoms with E-state index < -0.39 is 0 Å². The third kappa shape index (κ3) is 3.40. The molecular formula is C17H13ClN2OS. The number of carbonyl (C=O) groups is 1. The van der Waals surface area contributed by atoms with E-state index in [4.69, 9.17) is 11.6 Å². The Morgan fingerprint density at radius 1 is 1.14 bits per heavy atom. The predicted octanol–water partition coefficient (Wildman–Crippen LogP) is 4.54. The zero-order valence-corrected chi connectivity index (χ0v) is 13.4. The SMILES string of the molecule is Cc1ccc(/C=C2/SC(=Nc3ccccc3Cl)NC2=O)cc1. The minimum Gasteiger partial charge on any atom is -0.300 e. The second-order valence-electron chi connectivity index (χ2n) is 4.84. The Bertz CT molecular complexity index is 782. The molecule has 22 heavy (non-hydrogen) atoms. The van der Waals surface area contributed by atoms with Gasteiger partial charge in [-0.05, 0) is 42.5 Å². The number of benzene rings is 2. The van der Waals surface area contributed by atoms with Crippen molar-refractivity contribution in [2.75, 3.05) is 0 Å². The van der Waals surface area contributed by atoms with Crippen molar-refractivity contribution < 1.29 is 4.79 Å². The first-order valence-electron chi connectivity index (χ1n) is 6.72. The Morgan fingerprint density at radius 2 is 1.86 bits per heavy atom. The molecule has 3 nitrogen and oxygen atoms in total. The third-order valence-corrected chi connectivity index (χ3v) is 4.33. The Morgan fingerprint density at radius 3 is 2.59 bits per heavy atom. The van der Waals surface area contributed by atoms with Gasteiger partial charge in [0.15, 0.2) is 5.17 Å². The van der Waals surface area contributed by atoms with Gasteiger partial charge < -0.3 is 5.32 Å². The van der Waals surface area contributed by atoms with E-state index in [0.29, 0.717) is 20.8 Å². The lowest BCUT2D eigenvalue weighted by Crippen LogP contribution is -2.19. The van der Waals surface area contributed by atoms with E-state index in [2.05, 4.69) is 10.3 Å². The number of hydrogen-bond acceptors (Lipinski definition) is 3. The van der Waals surface area contributed by atoms with Crippen LogP contribution in [0.25, 0.3) is 6.08 Å². The van der Waals surface area contributed by atoms with Crippen molar-refractivity contribution in [3.05, 3.63) is 69.6 Å². The van der Waals surface area contributed by atoms with E-state index in [0.717, 1.165) is 5.56 Å². The third-order valence-electron chi connectivity index (χ3n) is 3.10. The molecule has 3 rings (SSSR count).